The van der Waals surface area contributed by atoms with Crippen molar-refractivity contribution in [3.8, 4) is 0 Å². The van der Waals surface area contributed by atoms with E-state index < -0.39 is 0 Å². The lowest BCUT2D eigenvalue weighted by molar-refractivity contribution is 0.560. The first-order chi connectivity index (χ1) is 4.47. The maximum Gasteiger partial charge on any atom is 0.109 e. The summed E-state index contributed by atoms with van der Waals surface area (Å²) in [6.45, 7) is 0.791. The van der Waals surface area contributed by atoms with Gasteiger partial charge in [-0.25, -0.2) is 4.68 Å². The van der Waals surface area contributed by atoms with Crippen molar-refractivity contribution in [1.29, 1.82) is 0 Å². The van der Waals surface area contributed by atoms with Crippen LogP contribution in [0.1, 0.15) is 5.69 Å². The van der Waals surface area contributed by atoms with Gasteiger partial charge in [0.05, 0.1) is 5.69 Å². The standard InChI is InChI=1S/C6H7N3/c1-3-7-5-9-6(1)2-4-8-9/h1-4,7H,5H2. The Balaban J connectivity index is 2.53. The Kier molecular flexibility index (Phi) is 0.828. The Hall–Kier alpha value is -1.25. The van der Waals surface area contributed by atoms with Crippen LogP contribution in [-0.4, -0.2) is 9.78 Å². The maximum atomic E-state index is 4.06. The summed E-state index contributed by atoms with van der Waals surface area (Å²) in [6, 6.07) is 1.98. The average Bonchev–Trinajstić information content (AvgIpc) is 2.33. The normalized spacial score (nSPS) is 14.7. The van der Waals surface area contributed by atoms with Crippen LogP contribution in [-0.2, 0) is 6.67 Å². The molecule has 0 bridgehead atoms. The van der Waals surface area contributed by atoms with Crippen molar-refractivity contribution in [2.24, 2.45) is 0 Å². The van der Waals surface area contributed by atoms with Crippen LogP contribution >= 0.6 is 0 Å². The summed E-state index contributed by atoms with van der Waals surface area (Å²) in [5, 5.41) is 7.11. The smallest absolute Gasteiger partial charge is 0.109 e. The minimum absolute atomic E-state index is 0.791. The van der Waals surface area contributed by atoms with Gasteiger partial charge in [-0.3, -0.25) is 0 Å². The zero-order valence-electron chi connectivity index (χ0n) is 4.91. The first-order valence-electron chi connectivity index (χ1n) is 2.88. The number of nitrogens with zero attached hydrogens (tertiary/aromatic N) is 2. The van der Waals surface area contributed by atoms with Crippen LogP contribution in [0.5, 0.6) is 0 Å². The van der Waals surface area contributed by atoms with Gasteiger partial charge in [-0.2, -0.15) is 5.10 Å². The molecule has 0 amide bonds. The van der Waals surface area contributed by atoms with Crippen molar-refractivity contribution < 1.29 is 0 Å². The molecule has 1 aliphatic rings. The largest absolute Gasteiger partial charge is 0.372 e. The molecule has 0 spiro atoms. The topological polar surface area (TPSA) is 29.9 Å². The van der Waals surface area contributed by atoms with Crippen molar-refractivity contribution in [3.05, 3.63) is 24.2 Å². The molecule has 0 unspecified atom stereocenters. The molecule has 0 saturated carbocycles. The van der Waals surface area contributed by atoms with E-state index in [-0.39, 0.29) is 0 Å². The van der Waals surface area contributed by atoms with Gasteiger partial charge >= 0.3 is 0 Å². The van der Waals surface area contributed by atoms with Crippen LogP contribution in [0.4, 0.5) is 0 Å². The fourth-order valence-corrected chi connectivity index (χ4v) is 0.900. The molecular formula is C6H7N3. The van der Waals surface area contributed by atoms with E-state index in [4.69, 9.17) is 0 Å². The third-order valence-electron chi connectivity index (χ3n) is 1.36. The molecule has 1 aromatic rings. The van der Waals surface area contributed by atoms with Gasteiger partial charge in [0.15, 0.2) is 0 Å². The van der Waals surface area contributed by atoms with Crippen molar-refractivity contribution >= 4 is 6.08 Å². The minimum Gasteiger partial charge on any atom is -0.372 e. The molecule has 2 heterocycles. The van der Waals surface area contributed by atoms with Crippen LogP contribution in [0.25, 0.3) is 6.08 Å². The Labute approximate surface area is 53.0 Å². The Bertz CT molecular complexity index is 236. The quantitative estimate of drug-likeness (QED) is 0.539. The summed E-state index contributed by atoms with van der Waals surface area (Å²) < 4.78 is 1.90. The van der Waals surface area contributed by atoms with Gasteiger partial charge in [0, 0.05) is 6.20 Å². The van der Waals surface area contributed by atoms with Gasteiger partial charge < -0.3 is 5.32 Å². The molecule has 0 radical (unpaired) electrons. The number of hydrogen-bond acceptors (Lipinski definition) is 2. The molecule has 0 saturated heterocycles. The van der Waals surface area contributed by atoms with Crippen molar-refractivity contribution in [2.75, 3.05) is 0 Å². The Morgan fingerprint density at radius 3 is 3.56 bits per heavy atom. The van der Waals surface area contributed by atoms with E-state index in [1.807, 2.05) is 23.0 Å². The van der Waals surface area contributed by atoms with Crippen molar-refractivity contribution in [3.63, 3.8) is 0 Å². The molecule has 0 atom stereocenters. The second-order valence-electron chi connectivity index (χ2n) is 1.95. The first kappa shape index (κ1) is 4.61. The lowest BCUT2D eigenvalue weighted by Crippen LogP contribution is -2.17. The first-order valence-corrected chi connectivity index (χ1v) is 2.88. The van der Waals surface area contributed by atoms with E-state index in [1.165, 1.54) is 0 Å². The van der Waals surface area contributed by atoms with Gasteiger partial charge in [0.2, 0.25) is 0 Å². The van der Waals surface area contributed by atoms with Gasteiger partial charge in [0.25, 0.3) is 0 Å². The van der Waals surface area contributed by atoms with E-state index in [1.54, 1.807) is 6.20 Å². The van der Waals surface area contributed by atoms with Crippen LogP contribution in [0.15, 0.2) is 18.5 Å². The van der Waals surface area contributed by atoms with Gasteiger partial charge in [-0.1, -0.05) is 0 Å². The van der Waals surface area contributed by atoms with Crippen molar-refractivity contribution in [1.82, 2.24) is 15.1 Å². The predicted octanol–water partition coefficient (Wildman–Crippen LogP) is 0.415. The van der Waals surface area contributed by atoms with Crippen LogP contribution in [0, 0.1) is 0 Å². The molecule has 3 nitrogen and oxygen atoms in total. The van der Waals surface area contributed by atoms with E-state index in [0.717, 1.165) is 12.4 Å². The molecule has 1 N–H and O–H groups in total. The molecule has 0 fully saturated rings. The highest BCUT2D eigenvalue weighted by Gasteiger charge is 1.99. The number of hydrogen-bond donors (Lipinski definition) is 1. The van der Waals surface area contributed by atoms with Crippen molar-refractivity contribution in [2.45, 2.75) is 6.67 Å². The van der Waals surface area contributed by atoms with Crippen LogP contribution in [0.2, 0.25) is 0 Å². The summed E-state index contributed by atoms with van der Waals surface area (Å²) >= 11 is 0. The molecule has 46 valence electrons. The van der Waals surface area contributed by atoms with E-state index in [0.29, 0.717) is 0 Å². The highest BCUT2D eigenvalue weighted by Crippen LogP contribution is 2.02. The monoisotopic (exact) mass is 121 g/mol. The molecule has 3 heteroatoms. The number of nitrogens with one attached hydrogen (secondary N) is 1. The fraction of sp³-hybridized carbons (Fsp3) is 0.167. The fourth-order valence-electron chi connectivity index (χ4n) is 0.900. The van der Waals surface area contributed by atoms with Crippen LogP contribution < -0.4 is 5.32 Å². The lowest BCUT2D eigenvalue weighted by atomic mass is 10.4. The summed E-state index contributed by atoms with van der Waals surface area (Å²) in [5.41, 5.74) is 1.16. The summed E-state index contributed by atoms with van der Waals surface area (Å²) in [7, 11) is 0. The highest BCUT2D eigenvalue weighted by atomic mass is 15.3. The zero-order valence-corrected chi connectivity index (χ0v) is 4.91. The Morgan fingerprint density at radius 2 is 2.67 bits per heavy atom. The third kappa shape index (κ3) is 0.614. The maximum absolute atomic E-state index is 4.06. The summed E-state index contributed by atoms with van der Waals surface area (Å²) in [5.74, 6) is 0. The van der Waals surface area contributed by atoms with Crippen LogP contribution in [0.3, 0.4) is 0 Å². The second kappa shape index (κ2) is 1.62. The summed E-state index contributed by atoms with van der Waals surface area (Å²) in [6.07, 6.45) is 5.72. The number of fused-ring (bicyclic) bond motifs is 1. The van der Waals surface area contributed by atoms with Gasteiger partial charge in [-0.15, -0.1) is 0 Å². The molecule has 1 aliphatic heterocycles. The molecule has 1 aromatic heterocycles. The number of aromatic nitrogens is 2. The molecule has 2 rings (SSSR count). The van der Waals surface area contributed by atoms with E-state index in [2.05, 4.69) is 10.4 Å². The molecule has 0 aromatic carbocycles. The Morgan fingerprint density at radius 1 is 1.67 bits per heavy atom. The minimum atomic E-state index is 0.791. The van der Waals surface area contributed by atoms with E-state index in [9.17, 15) is 0 Å². The van der Waals surface area contributed by atoms with E-state index >= 15 is 0 Å². The lowest BCUT2D eigenvalue weighted by Gasteiger charge is -2.08. The van der Waals surface area contributed by atoms with Gasteiger partial charge in [0.1, 0.15) is 6.67 Å². The highest BCUT2D eigenvalue weighted by molar-refractivity contribution is 5.44. The second-order valence-corrected chi connectivity index (χ2v) is 1.95. The average molecular weight is 121 g/mol. The number of rotatable bonds is 0. The third-order valence-corrected chi connectivity index (χ3v) is 1.36. The summed E-state index contributed by atoms with van der Waals surface area (Å²) in [4.78, 5) is 0. The zero-order chi connectivity index (χ0) is 6.10. The predicted molar refractivity (Wildman–Crippen MR) is 34.4 cm³/mol. The molecular weight excluding hydrogens is 114 g/mol. The molecule has 9 heavy (non-hydrogen) atoms. The molecule has 0 aliphatic carbocycles. The van der Waals surface area contributed by atoms with Gasteiger partial charge in [-0.05, 0) is 18.3 Å². The SMILES string of the molecule is C1=Cc2ccnn2CN1.